The number of esters is 4. The number of carbonyl (C=O) groups excluding carboxylic acids is 4. The zero-order chi connectivity index (χ0) is 63.8. The summed E-state index contributed by atoms with van der Waals surface area (Å²) >= 11 is 0. The van der Waals surface area contributed by atoms with Gasteiger partial charge in [0.25, 0.3) is 0 Å². The van der Waals surface area contributed by atoms with Crippen molar-refractivity contribution in [2.75, 3.05) is 39.6 Å². The average Bonchev–Trinajstić information content (AvgIpc) is 3.69. The molecule has 3 N–H and O–H groups in total. The quantitative estimate of drug-likeness (QED) is 0.0169. The van der Waals surface area contributed by atoms with Crippen LogP contribution in [0.2, 0.25) is 0 Å². The van der Waals surface area contributed by atoms with Crippen LogP contribution in [0.4, 0.5) is 0 Å². The van der Waals surface area contributed by atoms with Gasteiger partial charge in [-0.15, -0.1) is 0 Å². The highest BCUT2D eigenvalue weighted by atomic mass is 31.2. The highest BCUT2D eigenvalue weighted by Crippen LogP contribution is 2.45. The molecule has 0 saturated heterocycles. The zero-order valence-electron chi connectivity index (χ0n) is 55.3. The summed E-state index contributed by atoms with van der Waals surface area (Å²) in [5.74, 6) is -0.0293. The van der Waals surface area contributed by atoms with Gasteiger partial charge >= 0.3 is 39.5 Å². The number of ether oxygens (including phenoxy) is 4. The minimum absolute atomic E-state index is 0.0959. The smallest absolute Gasteiger partial charge is 0.462 e. The number of hydrogen-bond donors (Lipinski definition) is 3. The van der Waals surface area contributed by atoms with Crippen molar-refractivity contribution < 1.29 is 80.2 Å². The van der Waals surface area contributed by atoms with Gasteiger partial charge in [0.2, 0.25) is 0 Å². The molecule has 0 bridgehead atoms. The number of carbonyl (C=O) groups is 4. The molecule has 0 aromatic heterocycles. The van der Waals surface area contributed by atoms with Crippen molar-refractivity contribution in [2.24, 2.45) is 17.8 Å². The summed E-state index contributed by atoms with van der Waals surface area (Å²) in [5.41, 5.74) is 0. The Hall–Kier alpha value is -2.46. The minimum Gasteiger partial charge on any atom is -0.462 e. The van der Waals surface area contributed by atoms with E-state index in [0.717, 1.165) is 121 Å². The van der Waals surface area contributed by atoms with Gasteiger partial charge in [-0.3, -0.25) is 37.3 Å². The van der Waals surface area contributed by atoms with Gasteiger partial charge in [-0.1, -0.05) is 253 Å². The van der Waals surface area contributed by atoms with E-state index in [2.05, 4.69) is 72.8 Å². The monoisotopic (exact) mass is 1260 g/mol. The van der Waals surface area contributed by atoms with Crippen molar-refractivity contribution >= 4 is 39.5 Å². The van der Waals surface area contributed by atoms with Crippen molar-refractivity contribution in [1.82, 2.24) is 0 Å². The molecule has 506 valence electrons. The fraction of sp³-hybridized carbons (Fsp3) is 0.881. The largest absolute Gasteiger partial charge is 0.472 e. The Kier molecular flexibility index (Phi) is 56.0. The van der Waals surface area contributed by atoms with Crippen molar-refractivity contribution in [2.45, 2.75) is 324 Å². The maximum absolute atomic E-state index is 13.0. The summed E-state index contributed by atoms with van der Waals surface area (Å²) in [7, 11) is -9.91. The second-order valence-electron chi connectivity index (χ2n) is 24.7. The second-order valence-corrected chi connectivity index (χ2v) is 27.6. The Bertz CT molecular complexity index is 1790. The molecule has 0 spiro atoms. The Morgan fingerprint density at radius 1 is 0.384 bits per heavy atom. The average molecular weight is 1270 g/mol. The molecule has 0 rings (SSSR count). The maximum atomic E-state index is 13.0. The number of rotatable bonds is 63. The lowest BCUT2D eigenvalue weighted by atomic mass is 9.99. The highest BCUT2D eigenvalue weighted by molar-refractivity contribution is 7.47. The van der Waals surface area contributed by atoms with Crippen LogP contribution in [-0.2, 0) is 65.4 Å². The predicted molar refractivity (Wildman–Crippen MR) is 344 cm³/mol. The number of hydrogen-bond acceptors (Lipinski definition) is 15. The van der Waals surface area contributed by atoms with E-state index in [0.29, 0.717) is 37.5 Å². The highest BCUT2D eigenvalue weighted by Gasteiger charge is 2.30. The topological polar surface area (TPSA) is 237 Å². The summed E-state index contributed by atoms with van der Waals surface area (Å²) in [6.45, 7) is 11.6. The molecule has 0 amide bonds. The van der Waals surface area contributed by atoms with Gasteiger partial charge in [-0.2, -0.15) is 0 Å². The Morgan fingerprint density at radius 3 is 1.03 bits per heavy atom. The van der Waals surface area contributed by atoms with Crippen LogP contribution in [0.15, 0.2) is 24.3 Å². The van der Waals surface area contributed by atoms with Gasteiger partial charge < -0.3 is 33.8 Å². The lowest BCUT2D eigenvalue weighted by Gasteiger charge is -2.21. The first-order valence-corrected chi connectivity index (χ1v) is 37.2. The van der Waals surface area contributed by atoms with Crippen molar-refractivity contribution in [3.05, 3.63) is 24.3 Å². The Morgan fingerprint density at radius 2 is 0.686 bits per heavy atom. The van der Waals surface area contributed by atoms with E-state index < -0.39 is 97.5 Å². The standard InChI is InChI=1S/C67H126O17P2/c1-8-10-11-12-13-14-15-16-17-18-19-20-26-34-41-48-64(69)77-54-62(84-67(72)51-44-37-28-23-24-31-38-45-58(3)4)56-81-85(73,74)79-52-61(68)53-80-86(75,76)82-57-63(55-78-65(70)49-42-35-30-29-32-39-46-59(5)6)83-66(71)50-43-36-27-22-21-25-33-40-47-60(7)9-2/h14-17,58-63,68H,8-13,18-57H2,1-7H3,(H,73,74)(H,75,76)/b15-14-,17-16-/t60?,61-,62-,63-/m1/s1. The molecule has 0 heterocycles. The molecule has 19 heteroatoms. The fourth-order valence-electron chi connectivity index (χ4n) is 9.44. The summed E-state index contributed by atoms with van der Waals surface area (Å²) in [5, 5.41) is 10.5. The first-order valence-electron chi connectivity index (χ1n) is 34.2. The Labute approximate surface area is 522 Å². The molecule has 0 fully saturated rings. The van der Waals surface area contributed by atoms with Crippen LogP contribution in [0.5, 0.6) is 0 Å². The minimum atomic E-state index is -4.95. The summed E-state index contributed by atoms with van der Waals surface area (Å²) in [6.07, 6.45) is 42.7. The first-order chi connectivity index (χ1) is 41.3. The molecule has 17 nitrogen and oxygen atoms in total. The van der Waals surface area contributed by atoms with E-state index >= 15 is 0 Å². The molecule has 0 radical (unpaired) electrons. The number of phosphoric acid groups is 2. The molecular weight excluding hydrogens is 1140 g/mol. The number of aliphatic hydroxyl groups excluding tert-OH is 1. The molecular formula is C67H126O17P2. The number of unbranched alkanes of at least 4 members (excludes halogenated alkanes) is 27. The lowest BCUT2D eigenvalue weighted by molar-refractivity contribution is -0.161. The van der Waals surface area contributed by atoms with E-state index in [1.165, 1.54) is 89.9 Å². The van der Waals surface area contributed by atoms with Gasteiger partial charge in [0.15, 0.2) is 12.2 Å². The summed E-state index contributed by atoms with van der Waals surface area (Å²) in [4.78, 5) is 72.3. The fourth-order valence-corrected chi connectivity index (χ4v) is 11.0. The van der Waals surface area contributed by atoms with Gasteiger partial charge in [0.1, 0.15) is 19.3 Å². The molecule has 0 aromatic rings. The normalized spacial score (nSPS) is 14.8. The molecule has 0 aliphatic carbocycles. The van der Waals surface area contributed by atoms with Crippen LogP contribution < -0.4 is 0 Å². The van der Waals surface area contributed by atoms with Crippen LogP contribution in [0.3, 0.4) is 0 Å². The van der Waals surface area contributed by atoms with Crippen LogP contribution >= 0.6 is 15.6 Å². The van der Waals surface area contributed by atoms with Crippen LogP contribution in [0, 0.1) is 17.8 Å². The van der Waals surface area contributed by atoms with Crippen molar-refractivity contribution in [3.63, 3.8) is 0 Å². The second kappa shape index (κ2) is 57.7. The third-order valence-corrected chi connectivity index (χ3v) is 17.0. The van der Waals surface area contributed by atoms with Gasteiger partial charge in [0.05, 0.1) is 26.4 Å². The van der Waals surface area contributed by atoms with E-state index in [4.69, 9.17) is 37.0 Å². The zero-order valence-corrected chi connectivity index (χ0v) is 57.0. The third kappa shape index (κ3) is 59.2. The molecule has 0 aromatic carbocycles. The van der Waals surface area contributed by atoms with Crippen LogP contribution in [-0.4, -0.2) is 96.7 Å². The lowest BCUT2D eigenvalue weighted by Crippen LogP contribution is -2.30. The van der Waals surface area contributed by atoms with Crippen molar-refractivity contribution in [1.29, 1.82) is 0 Å². The van der Waals surface area contributed by atoms with E-state index in [1.807, 2.05) is 0 Å². The predicted octanol–water partition coefficient (Wildman–Crippen LogP) is 18.2. The molecule has 86 heavy (non-hydrogen) atoms. The van der Waals surface area contributed by atoms with E-state index in [9.17, 15) is 43.2 Å². The van der Waals surface area contributed by atoms with E-state index in [1.54, 1.807) is 0 Å². The van der Waals surface area contributed by atoms with Crippen LogP contribution in [0.25, 0.3) is 0 Å². The van der Waals surface area contributed by atoms with Gasteiger partial charge in [0, 0.05) is 25.7 Å². The first kappa shape index (κ1) is 83.5. The number of phosphoric ester groups is 2. The van der Waals surface area contributed by atoms with Crippen molar-refractivity contribution in [3.8, 4) is 0 Å². The SMILES string of the molecule is CCCCCC/C=C\C=C/CCCCCCCC(=O)OC[C@H](COP(=O)(O)OC[C@@H](O)COP(=O)(O)OC[C@@H](COC(=O)CCCCCCCCC(C)C)OC(=O)CCCCCCCCCCC(C)CC)OC(=O)CCCCCCCCCC(C)C. The number of aliphatic hydroxyl groups is 1. The van der Waals surface area contributed by atoms with Gasteiger partial charge in [-0.25, -0.2) is 9.13 Å². The molecule has 0 aliphatic rings. The Balaban J connectivity index is 5.26. The number of allylic oxidation sites excluding steroid dienone is 4. The van der Waals surface area contributed by atoms with Crippen LogP contribution in [0.1, 0.15) is 305 Å². The third-order valence-electron chi connectivity index (χ3n) is 15.1. The van der Waals surface area contributed by atoms with Gasteiger partial charge in [-0.05, 0) is 69.1 Å². The maximum Gasteiger partial charge on any atom is 0.472 e. The van der Waals surface area contributed by atoms with E-state index in [-0.39, 0.29) is 25.7 Å². The molecule has 0 aliphatic heterocycles. The summed E-state index contributed by atoms with van der Waals surface area (Å²) < 4.78 is 68.0. The molecule has 6 atom stereocenters. The molecule has 3 unspecified atom stereocenters. The molecule has 0 saturated carbocycles. The summed E-state index contributed by atoms with van der Waals surface area (Å²) in [6, 6.07) is 0.